The molecular formula is C24H33FN7O8P. The summed E-state index contributed by atoms with van der Waals surface area (Å²) in [5.74, 6) is -0.426. The van der Waals surface area contributed by atoms with Crippen molar-refractivity contribution in [2.45, 2.75) is 57.0 Å². The van der Waals surface area contributed by atoms with Crippen molar-refractivity contribution < 1.29 is 42.5 Å². The van der Waals surface area contributed by atoms with Gasteiger partial charge in [0, 0.05) is 7.05 Å². The predicted octanol–water partition coefficient (Wildman–Crippen LogP) is 1.54. The number of anilines is 2. The number of nitrogens with zero attached hydrogens (tertiary/aromatic N) is 4. The zero-order chi connectivity index (χ0) is 29.9. The number of nitrogens with one attached hydrogen (secondary N) is 2. The molecule has 224 valence electrons. The number of halogens is 1. The van der Waals surface area contributed by atoms with Gasteiger partial charge in [0.05, 0.1) is 25.6 Å². The van der Waals surface area contributed by atoms with E-state index in [1.54, 1.807) is 39.1 Å². The minimum absolute atomic E-state index is 0.0772. The zero-order valence-electron chi connectivity index (χ0n) is 22.8. The number of carbonyl (C=O) groups is 1. The second-order valence-electron chi connectivity index (χ2n) is 9.60. The molecule has 0 bridgehead atoms. The Labute approximate surface area is 234 Å². The molecule has 3 heterocycles. The highest BCUT2D eigenvalue weighted by atomic mass is 31.2. The Morgan fingerprint density at radius 2 is 2.00 bits per heavy atom. The molecule has 6 N–H and O–H groups in total. The number of esters is 1. The molecule has 6 atom stereocenters. The van der Waals surface area contributed by atoms with Crippen LogP contribution in [0.25, 0.3) is 11.2 Å². The van der Waals surface area contributed by atoms with Gasteiger partial charge in [-0.3, -0.25) is 13.9 Å². The molecule has 1 aliphatic rings. The summed E-state index contributed by atoms with van der Waals surface area (Å²) in [6.07, 6.45) is -4.27. The molecule has 0 amide bonds. The van der Waals surface area contributed by atoms with E-state index in [4.69, 9.17) is 24.3 Å². The molecule has 17 heteroatoms. The van der Waals surface area contributed by atoms with Gasteiger partial charge in [-0.25, -0.2) is 13.9 Å². The fourth-order valence-electron chi connectivity index (χ4n) is 4.19. The normalized spacial score (nSPS) is 24.7. The van der Waals surface area contributed by atoms with E-state index in [1.807, 2.05) is 0 Å². The lowest BCUT2D eigenvalue weighted by molar-refractivity contribution is -0.149. The van der Waals surface area contributed by atoms with Crippen molar-refractivity contribution in [3.8, 4) is 5.75 Å². The van der Waals surface area contributed by atoms with Crippen LogP contribution < -0.4 is 20.7 Å². The summed E-state index contributed by atoms with van der Waals surface area (Å²) in [7, 11) is -2.76. The van der Waals surface area contributed by atoms with Gasteiger partial charge in [0.15, 0.2) is 23.2 Å². The Hall–Kier alpha value is -3.40. The number of fused-ring (bicyclic) bond motifs is 1. The summed E-state index contributed by atoms with van der Waals surface area (Å²) in [4.78, 5) is 24.7. The van der Waals surface area contributed by atoms with E-state index in [0.29, 0.717) is 0 Å². The van der Waals surface area contributed by atoms with E-state index < -0.39 is 63.2 Å². The average Bonchev–Trinajstić information content (AvgIpc) is 3.45. The molecule has 1 fully saturated rings. The Bertz CT molecular complexity index is 1410. The van der Waals surface area contributed by atoms with E-state index in [0.717, 1.165) is 4.57 Å². The van der Waals surface area contributed by atoms with Gasteiger partial charge < -0.3 is 35.3 Å². The van der Waals surface area contributed by atoms with Crippen molar-refractivity contribution >= 4 is 36.6 Å². The van der Waals surface area contributed by atoms with Crippen molar-refractivity contribution in [2.75, 3.05) is 31.3 Å². The number of alkyl halides is 1. The summed E-state index contributed by atoms with van der Waals surface area (Å²) in [6.45, 7) is 2.90. The van der Waals surface area contributed by atoms with E-state index in [2.05, 4.69) is 25.4 Å². The monoisotopic (exact) mass is 597 g/mol. The molecule has 1 aromatic carbocycles. The van der Waals surface area contributed by atoms with Crippen LogP contribution >= 0.6 is 7.75 Å². The number of hydrogen-bond acceptors (Lipinski definition) is 13. The lowest BCUT2D eigenvalue weighted by atomic mass is 9.97. The highest BCUT2D eigenvalue weighted by molar-refractivity contribution is 7.52. The van der Waals surface area contributed by atoms with Crippen LogP contribution in [0, 0.1) is 0 Å². The Balaban J connectivity index is 1.59. The Morgan fingerprint density at radius 3 is 2.63 bits per heavy atom. The van der Waals surface area contributed by atoms with Crippen molar-refractivity contribution in [3.63, 3.8) is 0 Å². The number of hydrogen-bond donors (Lipinski definition) is 5. The molecule has 0 spiro atoms. The maximum Gasteiger partial charge on any atom is 0.459 e. The molecule has 2 aromatic heterocycles. The molecule has 0 aliphatic carbocycles. The number of benzene rings is 1. The molecule has 0 saturated carbocycles. The molecular weight excluding hydrogens is 564 g/mol. The van der Waals surface area contributed by atoms with Gasteiger partial charge in [-0.05, 0) is 32.9 Å². The third-order valence-corrected chi connectivity index (χ3v) is 7.81. The van der Waals surface area contributed by atoms with Crippen LogP contribution in [0.2, 0.25) is 0 Å². The van der Waals surface area contributed by atoms with E-state index >= 15 is 4.39 Å². The van der Waals surface area contributed by atoms with Crippen molar-refractivity contribution in [3.05, 3.63) is 36.7 Å². The van der Waals surface area contributed by atoms with Crippen LogP contribution in [0.1, 0.15) is 27.0 Å². The van der Waals surface area contributed by atoms with E-state index in [-0.39, 0.29) is 28.7 Å². The second kappa shape index (κ2) is 12.2. The third-order valence-electron chi connectivity index (χ3n) is 6.16. The standard InChI is InChI=1S/C24H33FN7O8P/c1-13(2)38-21(35)14(3)31-41(36,40-15-8-6-5-7-9-15)37-10-16-18(34)24(25,11-33)22(39-16)32-12-28-17-19(27-4)29-23(26)30-20(17)32/h5-9,12-14,16,18,22,33-34H,10-11H2,1-4H3,(H,31,36)(H3,26,27,29,30)/t14-,16+,18+,22+,24+,41?/m0/s1. The van der Waals surface area contributed by atoms with Crippen LogP contribution in [-0.2, 0) is 23.4 Å². The Morgan fingerprint density at radius 1 is 1.29 bits per heavy atom. The van der Waals surface area contributed by atoms with Gasteiger partial charge in [-0.15, -0.1) is 0 Å². The largest absolute Gasteiger partial charge is 0.462 e. The number of imidazole rings is 1. The summed E-state index contributed by atoms with van der Waals surface area (Å²) in [5.41, 5.74) is 3.35. The quantitative estimate of drug-likeness (QED) is 0.148. The number of carbonyl (C=O) groups excluding carboxylic acids is 1. The number of aromatic nitrogens is 4. The number of aliphatic hydroxyl groups excluding tert-OH is 2. The van der Waals surface area contributed by atoms with Crippen LogP contribution in [0.3, 0.4) is 0 Å². The molecule has 15 nitrogen and oxygen atoms in total. The Kier molecular flexibility index (Phi) is 9.11. The van der Waals surface area contributed by atoms with E-state index in [1.165, 1.54) is 25.4 Å². The van der Waals surface area contributed by atoms with Crippen LogP contribution in [-0.4, -0.2) is 86.0 Å². The first-order chi connectivity index (χ1) is 19.4. The molecule has 1 aliphatic heterocycles. The lowest BCUT2D eigenvalue weighted by Crippen LogP contribution is -2.46. The molecule has 4 rings (SSSR count). The first-order valence-electron chi connectivity index (χ1n) is 12.7. The SMILES string of the molecule is CNc1nc(N)nc2c1ncn2[C@@H]1O[C@H](COP(=O)(N[C@@H](C)C(=O)OC(C)C)Oc2ccccc2)[C@@H](O)[C@]1(F)CO. The number of nitrogens with two attached hydrogens (primary N) is 1. The first-order valence-corrected chi connectivity index (χ1v) is 14.2. The summed E-state index contributed by atoms with van der Waals surface area (Å²) < 4.78 is 53.2. The highest BCUT2D eigenvalue weighted by Gasteiger charge is 2.59. The van der Waals surface area contributed by atoms with Gasteiger partial charge in [-0.1, -0.05) is 18.2 Å². The number of para-hydroxylation sites is 1. The smallest absolute Gasteiger partial charge is 0.459 e. The minimum Gasteiger partial charge on any atom is -0.462 e. The zero-order valence-corrected chi connectivity index (χ0v) is 23.7. The summed E-state index contributed by atoms with van der Waals surface area (Å²) in [6, 6.07) is 6.88. The van der Waals surface area contributed by atoms with Gasteiger partial charge in [-0.2, -0.15) is 15.1 Å². The molecule has 1 saturated heterocycles. The van der Waals surface area contributed by atoms with Crippen molar-refractivity contribution in [1.82, 2.24) is 24.6 Å². The van der Waals surface area contributed by atoms with Crippen LogP contribution in [0.15, 0.2) is 36.7 Å². The van der Waals surface area contributed by atoms with Crippen molar-refractivity contribution in [1.29, 1.82) is 0 Å². The van der Waals surface area contributed by atoms with Gasteiger partial charge in [0.25, 0.3) is 0 Å². The van der Waals surface area contributed by atoms with E-state index in [9.17, 15) is 19.6 Å². The van der Waals surface area contributed by atoms with Gasteiger partial charge in [0.2, 0.25) is 11.6 Å². The average molecular weight is 598 g/mol. The summed E-state index contributed by atoms with van der Waals surface area (Å²) >= 11 is 0. The van der Waals surface area contributed by atoms with Gasteiger partial charge >= 0.3 is 13.7 Å². The molecule has 3 aromatic rings. The summed E-state index contributed by atoms with van der Waals surface area (Å²) in [5, 5.41) is 26.2. The molecule has 41 heavy (non-hydrogen) atoms. The topological polar surface area (TPSA) is 205 Å². The maximum absolute atomic E-state index is 16.1. The lowest BCUT2D eigenvalue weighted by Gasteiger charge is -2.27. The van der Waals surface area contributed by atoms with Crippen molar-refractivity contribution in [2.24, 2.45) is 0 Å². The highest BCUT2D eigenvalue weighted by Crippen LogP contribution is 2.48. The molecule has 1 unspecified atom stereocenters. The second-order valence-corrected chi connectivity index (χ2v) is 11.3. The first kappa shape index (κ1) is 30.6. The molecule has 0 radical (unpaired) electrons. The minimum atomic E-state index is -4.35. The van der Waals surface area contributed by atoms with Crippen LogP contribution in [0.5, 0.6) is 5.75 Å². The van der Waals surface area contributed by atoms with Crippen LogP contribution in [0.4, 0.5) is 16.2 Å². The number of ether oxygens (including phenoxy) is 2. The maximum atomic E-state index is 16.1. The fourth-order valence-corrected chi connectivity index (χ4v) is 5.69. The predicted molar refractivity (Wildman–Crippen MR) is 145 cm³/mol. The van der Waals surface area contributed by atoms with Gasteiger partial charge in [0.1, 0.15) is 24.0 Å². The number of aliphatic hydroxyl groups is 2. The number of rotatable bonds is 12. The fraction of sp³-hybridized carbons (Fsp3) is 0.500. The number of nitrogen functional groups attached to an aromatic ring is 1. The third kappa shape index (κ3) is 6.42.